The first-order valence-electron chi connectivity index (χ1n) is 7.90. The van der Waals surface area contributed by atoms with Gasteiger partial charge in [0, 0.05) is 36.3 Å². The number of piperidine rings is 1. The summed E-state index contributed by atoms with van der Waals surface area (Å²) in [7, 11) is 1.85. The second kappa shape index (κ2) is 5.00. The van der Waals surface area contributed by atoms with Crippen LogP contribution < -0.4 is 5.32 Å². The Hall–Kier alpha value is -1.58. The van der Waals surface area contributed by atoms with Gasteiger partial charge in [0.05, 0.1) is 0 Å². The van der Waals surface area contributed by atoms with E-state index in [1.807, 2.05) is 19.2 Å². The zero-order valence-corrected chi connectivity index (χ0v) is 13.4. The summed E-state index contributed by atoms with van der Waals surface area (Å²) < 4.78 is 0. The van der Waals surface area contributed by atoms with Gasteiger partial charge in [0.25, 0.3) is 5.91 Å². The molecule has 21 heavy (non-hydrogen) atoms. The molecule has 2 unspecified atom stereocenters. The Morgan fingerprint density at radius 1 is 1.33 bits per heavy atom. The fourth-order valence-corrected chi connectivity index (χ4v) is 3.51. The Morgan fingerprint density at radius 3 is 2.62 bits per heavy atom. The molecule has 4 heteroatoms. The van der Waals surface area contributed by atoms with Crippen LogP contribution in [0.4, 0.5) is 5.82 Å². The molecule has 4 nitrogen and oxygen atoms in total. The quantitative estimate of drug-likeness (QED) is 0.909. The Labute approximate surface area is 126 Å². The Kier molecular flexibility index (Phi) is 3.42. The molecule has 2 fully saturated rings. The van der Waals surface area contributed by atoms with Crippen molar-refractivity contribution in [2.24, 2.45) is 5.92 Å². The molecule has 1 aliphatic carbocycles. The number of hydrogen-bond acceptors (Lipinski definition) is 3. The highest BCUT2D eigenvalue weighted by atomic mass is 16.2. The van der Waals surface area contributed by atoms with Gasteiger partial charge in [-0.15, -0.1) is 0 Å². The van der Waals surface area contributed by atoms with Crippen molar-refractivity contribution in [2.75, 3.05) is 18.9 Å². The monoisotopic (exact) mass is 287 g/mol. The largest absolute Gasteiger partial charge is 0.373 e. The topological polar surface area (TPSA) is 45.2 Å². The van der Waals surface area contributed by atoms with Crippen LogP contribution in [0, 0.1) is 5.92 Å². The fraction of sp³-hybridized carbons (Fsp3) is 0.647. The molecule has 0 radical (unpaired) electrons. The average molecular weight is 287 g/mol. The van der Waals surface area contributed by atoms with Crippen molar-refractivity contribution in [3.05, 3.63) is 23.4 Å². The molecule has 2 aliphatic rings. The van der Waals surface area contributed by atoms with Gasteiger partial charge in [-0.3, -0.25) is 4.79 Å². The molecule has 1 aromatic rings. The van der Waals surface area contributed by atoms with E-state index in [2.05, 4.69) is 36.0 Å². The first kappa shape index (κ1) is 14.4. The molecule has 1 amide bonds. The first-order valence-corrected chi connectivity index (χ1v) is 7.90. The van der Waals surface area contributed by atoms with Gasteiger partial charge in [-0.1, -0.05) is 20.8 Å². The fourth-order valence-electron chi connectivity index (χ4n) is 3.51. The van der Waals surface area contributed by atoms with E-state index in [4.69, 9.17) is 0 Å². The smallest absolute Gasteiger partial charge is 0.254 e. The van der Waals surface area contributed by atoms with Crippen LogP contribution in [0.15, 0.2) is 12.1 Å². The van der Waals surface area contributed by atoms with E-state index in [0.717, 1.165) is 29.5 Å². The third-order valence-electron chi connectivity index (χ3n) is 4.77. The normalized spacial score (nSPS) is 24.5. The van der Waals surface area contributed by atoms with E-state index >= 15 is 0 Å². The van der Waals surface area contributed by atoms with Crippen molar-refractivity contribution in [2.45, 2.75) is 51.5 Å². The number of amides is 1. The maximum absolute atomic E-state index is 12.9. The average Bonchev–Trinajstić information content (AvgIpc) is 3.07. The van der Waals surface area contributed by atoms with Gasteiger partial charge in [0.2, 0.25) is 0 Å². The summed E-state index contributed by atoms with van der Waals surface area (Å²) in [6, 6.07) is 4.31. The molecule has 1 saturated heterocycles. The van der Waals surface area contributed by atoms with Gasteiger partial charge < -0.3 is 10.2 Å². The number of nitrogens with one attached hydrogen (secondary N) is 1. The number of carbonyl (C=O) groups excluding carboxylic acids is 1. The Balaban J connectivity index is 1.92. The number of carbonyl (C=O) groups is 1. The van der Waals surface area contributed by atoms with Crippen LogP contribution in [0.5, 0.6) is 0 Å². The van der Waals surface area contributed by atoms with Gasteiger partial charge in [0.15, 0.2) is 0 Å². The molecule has 2 heterocycles. The molecule has 2 bridgehead atoms. The molecular formula is C17H25N3O. The second-order valence-electron chi connectivity index (χ2n) is 7.42. The van der Waals surface area contributed by atoms with Crippen LogP contribution in [0.1, 0.15) is 56.1 Å². The summed E-state index contributed by atoms with van der Waals surface area (Å²) in [5.41, 5.74) is 1.67. The van der Waals surface area contributed by atoms with Gasteiger partial charge in [-0.2, -0.15) is 0 Å². The van der Waals surface area contributed by atoms with Crippen molar-refractivity contribution in [3.8, 4) is 0 Å². The van der Waals surface area contributed by atoms with Gasteiger partial charge in [-0.25, -0.2) is 4.98 Å². The third-order valence-corrected chi connectivity index (χ3v) is 4.77. The summed E-state index contributed by atoms with van der Waals surface area (Å²) >= 11 is 0. The predicted octanol–water partition coefficient (Wildman–Crippen LogP) is 3.05. The van der Waals surface area contributed by atoms with Gasteiger partial charge in [-0.05, 0) is 37.3 Å². The van der Waals surface area contributed by atoms with E-state index in [9.17, 15) is 4.79 Å². The minimum Gasteiger partial charge on any atom is -0.373 e. The van der Waals surface area contributed by atoms with Crippen molar-refractivity contribution >= 4 is 11.7 Å². The molecule has 2 atom stereocenters. The molecule has 3 rings (SSSR count). The summed E-state index contributed by atoms with van der Waals surface area (Å²) in [6.07, 6.45) is 3.66. The van der Waals surface area contributed by atoms with Crippen LogP contribution in [0.2, 0.25) is 0 Å². The molecular weight excluding hydrogens is 262 g/mol. The highest BCUT2D eigenvalue weighted by Gasteiger charge is 2.40. The summed E-state index contributed by atoms with van der Waals surface area (Å²) in [4.78, 5) is 19.5. The van der Waals surface area contributed by atoms with Crippen LogP contribution in [0.3, 0.4) is 0 Å². The number of anilines is 1. The van der Waals surface area contributed by atoms with Crippen LogP contribution >= 0.6 is 0 Å². The minimum absolute atomic E-state index is 0.0636. The van der Waals surface area contributed by atoms with Crippen LogP contribution in [-0.4, -0.2) is 35.4 Å². The maximum atomic E-state index is 12.9. The number of fused-ring (bicyclic) bond motifs is 2. The predicted molar refractivity (Wildman–Crippen MR) is 84.6 cm³/mol. The lowest BCUT2D eigenvalue weighted by molar-refractivity contribution is 0.0703. The number of likely N-dealkylation sites (tertiary alicyclic amines) is 1. The zero-order chi connectivity index (χ0) is 15.2. The number of nitrogens with zero attached hydrogens (tertiary/aromatic N) is 2. The van der Waals surface area contributed by atoms with E-state index in [1.54, 1.807) is 0 Å². The Bertz CT molecular complexity index is 562. The Morgan fingerprint density at radius 2 is 2.10 bits per heavy atom. The van der Waals surface area contributed by atoms with Crippen LogP contribution in [-0.2, 0) is 5.41 Å². The highest BCUT2D eigenvalue weighted by molar-refractivity contribution is 5.95. The van der Waals surface area contributed by atoms with Crippen molar-refractivity contribution in [1.29, 1.82) is 0 Å². The van der Waals surface area contributed by atoms with E-state index in [0.29, 0.717) is 6.04 Å². The first-order chi connectivity index (χ1) is 9.88. The van der Waals surface area contributed by atoms with E-state index < -0.39 is 0 Å². The third kappa shape index (κ3) is 2.63. The van der Waals surface area contributed by atoms with Crippen molar-refractivity contribution < 1.29 is 4.79 Å². The number of rotatable bonds is 2. The SMILES string of the molecule is CNc1cc(C(=O)N2CC3CCC2C3)cc(C(C)(C)C)n1. The lowest BCUT2D eigenvalue weighted by Crippen LogP contribution is -2.37. The minimum atomic E-state index is -0.0636. The van der Waals surface area contributed by atoms with Crippen molar-refractivity contribution in [3.63, 3.8) is 0 Å². The van der Waals surface area contributed by atoms with E-state index in [1.165, 1.54) is 19.3 Å². The van der Waals surface area contributed by atoms with Crippen LogP contribution in [0.25, 0.3) is 0 Å². The van der Waals surface area contributed by atoms with Crippen molar-refractivity contribution in [1.82, 2.24) is 9.88 Å². The van der Waals surface area contributed by atoms with E-state index in [-0.39, 0.29) is 11.3 Å². The number of pyridine rings is 1. The zero-order valence-electron chi connectivity index (χ0n) is 13.4. The molecule has 1 aromatic heterocycles. The van der Waals surface area contributed by atoms with Gasteiger partial charge in [0.1, 0.15) is 5.82 Å². The molecule has 0 aromatic carbocycles. The summed E-state index contributed by atoms with van der Waals surface area (Å²) in [5.74, 6) is 1.67. The standard InChI is InChI=1S/C17H25N3O/c1-17(2,3)14-8-12(9-15(18-4)19-14)16(21)20-10-11-5-6-13(20)7-11/h8-9,11,13H,5-7,10H2,1-4H3,(H,18,19). The number of aromatic nitrogens is 1. The lowest BCUT2D eigenvalue weighted by atomic mass is 9.90. The second-order valence-corrected chi connectivity index (χ2v) is 7.42. The summed E-state index contributed by atoms with van der Waals surface area (Å²) in [5, 5.41) is 3.08. The molecule has 0 spiro atoms. The number of hydrogen-bond donors (Lipinski definition) is 1. The lowest BCUT2D eigenvalue weighted by Gasteiger charge is -2.28. The molecule has 1 N–H and O–H groups in total. The van der Waals surface area contributed by atoms with Gasteiger partial charge >= 0.3 is 0 Å². The molecule has 1 saturated carbocycles. The molecule has 114 valence electrons. The summed E-state index contributed by atoms with van der Waals surface area (Å²) in [6.45, 7) is 7.31. The highest BCUT2D eigenvalue weighted by Crippen LogP contribution is 2.38. The molecule has 1 aliphatic heterocycles. The maximum Gasteiger partial charge on any atom is 0.254 e.